The zero-order valence-electron chi connectivity index (χ0n) is 11.2. The second kappa shape index (κ2) is 6.02. The molecule has 0 aliphatic carbocycles. The van der Waals surface area contributed by atoms with E-state index in [9.17, 15) is 0 Å². The molecule has 4 heteroatoms. The van der Waals surface area contributed by atoms with Crippen LogP contribution in [0.1, 0.15) is 25.1 Å². The van der Waals surface area contributed by atoms with Gasteiger partial charge < -0.3 is 0 Å². The van der Waals surface area contributed by atoms with Crippen molar-refractivity contribution in [1.29, 1.82) is 0 Å². The van der Waals surface area contributed by atoms with Crippen LogP contribution in [0.2, 0.25) is 5.15 Å². The van der Waals surface area contributed by atoms with Gasteiger partial charge in [0, 0.05) is 5.56 Å². The van der Waals surface area contributed by atoms with E-state index < -0.39 is 0 Å². The van der Waals surface area contributed by atoms with Gasteiger partial charge in [-0.2, -0.15) is 0 Å². The lowest BCUT2D eigenvalue weighted by Gasteiger charge is -2.11. The highest BCUT2D eigenvalue weighted by Crippen LogP contribution is 2.29. The summed E-state index contributed by atoms with van der Waals surface area (Å²) in [4.78, 5) is 9.04. The molecule has 0 radical (unpaired) electrons. The summed E-state index contributed by atoms with van der Waals surface area (Å²) in [7, 11) is 0. The van der Waals surface area contributed by atoms with Gasteiger partial charge in [0.15, 0.2) is 5.82 Å². The lowest BCUT2D eigenvalue weighted by atomic mass is 10.1. The highest BCUT2D eigenvalue weighted by molar-refractivity contribution is 9.10. The van der Waals surface area contributed by atoms with E-state index in [2.05, 4.69) is 52.7 Å². The van der Waals surface area contributed by atoms with Crippen molar-refractivity contribution in [3.8, 4) is 11.4 Å². The van der Waals surface area contributed by atoms with E-state index in [0.29, 0.717) is 16.9 Å². The van der Waals surface area contributed by atoms with Gasteiger partial charge in [-0.15, -0.1) is 0 Å². The van der Waals surface area contributed by atoms with Gasteiger partial charge in [-0.1, -0.05) is 49.7 Å². The van der Waals surface area contributed by atoms with Crippen LogP contribution < -0.4 is 0 Å². The molecule has 0 amide bonds. The Kier molecular flexibility index (Phi) is 4.58. The molecule has 0 atom stereocenters. The smallest absolute Gasteiger partial charge is 0.161 e. The number of hydrogen-bond acceptors (Lipinski definition) is 2. The minimum absolute atomic E-state index is 0.476. The third kappa shape index (κ3) is 3.34. The molecule has 100 valence electrons. The fraction of sp³-hybridized carbons (Fsp3) is 0.333. The van der Waals surface area contributed by atoms with Crippen LogP contribution in [-0.4, -0.2) is 9.97 Å². The van der Waals surface area contributed by atoms with Crippen LogP contribution in [0.15, 0.2) is 28.7 Å². The molecule has 1 aromatic heterocycles. The second-order valence-electron chi connectivity index (χ2n) is 5.01. The topological polar surface area (TPSA) is 25.8 Å². The molecule has 0 aliphatic rings. The van der Waals surface area contributed by atoms with E-state index in [0.717, 1.165) is 27.7 Å². The summed E-state index contributed by atoms with van der Waals surface area (Å²) in [5.74, 6) is 1.22. The summed E-state index contributed by atoms with van der Waals surface area (Å²) < 4.78 is 0.806. The Morgan fingerprint density at radius 2 is 1.89 bits per heavy atom. The zero-order valence-corrected chi connectivity index (χ0v) is 13.6. The Labute approximate surface area is 127 Å². The molecule has 0 saturated carbocycles. The van der Waals surface area contributed by atoms with Gasteiger partial charge in [0.2, 0.25) is 0 Å². The zero-order chi connectivity index (χ0) is 14.0. The van der Waals surface area contributed by atoms with Gasteiger partial charge >= 0.3 is 0 Å². The molecule has 0 spiro atoms. The Bertz CT molecular complexity index is 597. The fourth-order valence-electron chi connectivity index (χ4n) is 1.93. The molecule has 1 heterocycles. The van der Waals surface area contributed by atoms with Crippen molar-refractivity contribution in [3.05, 3.63) is 45.1 Å². The third-order valence-electron chi connectivity index (χ3n) is 2.87. The Balaban J connectivity index is 2.54. The van der Waals surface area contributed by atoms with Crippen LogP contribution in [0, 0.1) is 12.8 Å². The molecule has 0 aliphatic heterocycles. The van der Waals surface area contributed by atoms with Crippen molar-refractivity contribution in [1.82, 2.24) is 9.97 Å². The van der Waals surface area contributed by atoms with E-state index in [1.54, 1.807) is 0 Å². The average molecular weight is 340 g/mol. The SMILES string of the molecule is Cc1ccccc1-c1nc(Cl)c(Br)c(CC(C)C)n1. The number of benzene rings is 1. The summed E-state index contributed by atoms with van der Waals surface area (Å²) in [5.41, 5.74) is 3.14. The molecule has 0 bridgehead atoms. The molecule has 0 unspecified atom stereocenters. The van der Waals surface area contributed by atoms with Crippen LogP contribution in [0.4, 0.5) is 0 Å². The van der Waals surface area contributed by atoms with Gasteiger partial charge in [-0.05, 0) is 40.8 Å². The molecule has 0 saturated heterocycles. The molecule has 0 fully saturated rings. The maximum absolute atomic E-state index is 6.21. The van der Waals surface area contributed by atoms with E-state index in [-0.39, 0.29) is 0 Å². The van der Waals surface area contributed by atoms with E-state index in [1.807, 2.05) is 18.2 Å². The lowest BCUT2D eigenvalue weighted by Crippen LogP contribution is -2.03. The Morgan fingerprint density at radius 1 is 1.21 bits per heavy atom. The summed E-state index contributed by atoms with van der Waals surface area (Å²) in [6.45, 7) is 6.38. The summed E-state index contributed by atoms with van der Waals surface area (Å²) in [6, 6.07) is 8.07. The monoisotopic (exact) mass is 338 g/mol. The first-order chi connectivity index (χ1) is 8.99. The van der Waals surface area contributed by atoms with Crippen molar-refractivity contribution >= 4 is 27.5 Å². The molecule has 2 rings (SSSR count). The summed E-state index contributed by atoms with van der Waals surface area (Å²) in [5, 5.41) is 0.476. The maximum atomic E-state index is 6.21. The molecular weight excluding hydrogens is 324 g/mol. The minimum Gasteiger partial charge on any atom is -0.232 e. The fourth-order valence-corrected chi connectivity index (χ4v) is 2.46. The van der Waals surface area contributed by atoms with E-state index in [4.69, 9.17) is 11.6 Å². The Morgan fingerprint density at radius 3 is 2.53 bits per heavy atom. The first-order valence-corrected chi connectivity index (χ1v) is 7.44. The van der Waals surface area contributed by atoms with Crippen molar-refractivity contribution < 1.29 is 0 Å². The van der Waals surface area contributed by atoms with Crippen molar-refractivity contribution in [2.45, 2.75) is 27.2 Å². The number of aromatic nitrogens is 2. The summed E-state index contributed by atoms with van der Waals surface area (Å²) in [6.07, 6.45) is 0.877. The highest BCUT2D eigenvalue weighted by Gasteiger charge is 2.14. The molecule has 0 N–H and O–H groups in total. The van der Waals surface area contributed by atoms with Crippen LogP contribution in [-0.2, 0) is 6.42 Å². The van der Waals surface area contributed by atoms with Crippen LogP contribution in [0.25, 0.3) is 11.4 Å². The normalized spacial score (nSPS) is 11.1. The first-order valence-electron chi connectivity index (χ1n) is 6.27. The molecule has 2 aromatic rings. The first kappa shape index (κ1) is 14.5. The van der Waals surface area contributed by atoms with E-state index >= 15 is 0 Å². The van der Waals surface area contributed by atoms with Gasteiger partial charge in [0.25, 0.3) is 0 Å². The van der Waals surface area contributed by atoms with E-state index in [1.165, 1.54) is 0 Å². The van der Waals surface area contributed by atoms with Crippen LogP contribution >= 0.6 is 27.5 Å². The number of nitrogens with zero attached hydrogens (tertiary/aromatic N) is 2. The van der Waals surface area contributed by atoms with Gasteiger partial charge in [0.05, 0.1) is 10.2 Å². The minimum atomic E-state index is 0.476. The second-order valence-corrected chi connectivity index (χ2v) is 6.16. The highest BCUT2D eigenvalue weighted by atomic mass is 79.9. The van der Waals surface area contributed by atoms with Crippen molar-refractivity contribution in [3.63, 3.8) is 0 Å². The van der Waals surface area contributed by atoms with Crippen molar-refractivity contribution in [2.75, 3.05) is 0 Å². The standard InChI is InChI=1S/C15H16BrClN2/c1-9(2)8-12-13(16)14(17)19-15(18-12)11-7-5-4-6-10(11)3/h4-7,9H,8H2,1-3H3. The summed E-state index contributed by atoms with van der Waals surface area (Å²) >= 11 is 9.68. The number of rotatable bonds is 3. The number of aryl methyl sites for hydroxylation is 1. The van der Waals surface area contributed by atoms with Crippen LogP contribution in [0.5, 0.6) is 0 Å². The predicted octanol–water partition coefficient (Wildman–Crippen LogP) is 5.07. The third-order valence-corrected chi connectivity index (χ3v) is 4.20. The molecule has 2 nitrogen and oxygen atoms in total. The predicted molar refractivity (Wildman–Crippen MR) is 83.5 cm³/mol. The van der Waals surface area contributed by atoms with Crippen LogP contribution in [0.3, 0.4) is 0 Å². The lowest BCUT2D eigenvalue weighted by molar-refractivity contribution is 0.632. The number of halogens is 2. The largest absolute Gasteiger partial charge is 0.232 e. The Hall–Kier alpha value is -0.930. The quantitative estimate of drug-likeness (QED) is 0.730. The molecule has 1 aromatic carbocycles. The average Bonchev–Trinajstić information content (AvgIpc) is 2.35. The molecular formula is C15H16BrClN2. The van der Waals surface area contributed by atoms with Crippen molar-refractivity contribution in [2.24, 2.45) is 5.92 Å². The van der Waals surface area contributed by atoms with Gasteiger partial charge in [0.1, 0.15) is 5.15 Å². The maximum Gasteiger partial charge on any atom is 0.161 e. The molecule has 19 heavy (non-hydrogen) atoms. The number of hydrogen-bond donors (Lipinski definition) is 0. The van der Waals surface area contributed by atoms with Gasteiger partial charge in [-0.3, -0.25) is 0 Å². The van der Waals surface area contributed by atoms with Gasteiger partial charge in [-0.25, -0.2) is 9.97 Å².